The second kappa shape index (κ2) is 7.06. The van der Waals surface area contributed by atoms with E-state index >= 15 is 0 Å². The molecule has 0 fully saturated rings. The van der Waals surface area contributed by atoms with Gasteiger partial charge < -0.3 is 11.1 Å². The van der Waals surface area contributed by atoms with Gasteiger partial charge in [-0.1, -0.05) is 42.5 Å². The van der Waals surface area contributed by atoms with E-state index < -0.39 is 0 Å². The number of rotatable bonds is 6. The third kappa shape index (κ3) is 4.07. The summed E-state index contributed by atoms with van der Waals surface area (Å²) in [6.45, 7) is 2.99. The maximum Gasteiger partial charge on any atom is 0.104 e. The van der Waals surface area contributed by atoms with E-state index in [0.717, 1.165) is 36.2 Å². The smallest absolute Gasteiger partial charge is 0.104 e. The van der Waals surface area contributed by atoms with Crippen LogP contribution in [0.3, 0.4) is 0 Å². The number of anilines is 1. The van der Waals surface area contributed by atoms with E-state index in [2.05, 4.69) is 35.6 Å². The Hall–Kier alpha value is -1.87. The quantitative estimate of drug-likeness (QED) is 0.628. The summed E-state index contributed by atoms with van der Waals surface area (Å²) in [5, 5.41) is 3.44. The van der Waals surface area contributed by atoms with Gasteiger partial charge in [-0.3, -0.25) is 0 Å². The van der Waals surface area contributed by atoms with E-state index in [0.29, 0.717) is 4.99 Å². The molecule has 2 rings (SSSR count). The summed E-state index contributed by atoms with van der Waals surface area (Å²) >= 11 is 5.01. The SMILES string of the molecule is Cc1cc(NCCCc2ccccc2)ccc1C(N)=S. The Morgan fingerprint density at radius 3 is 2.55 bits per heavy atom. The lowest BCUT2D eigenvalue weighted by molar-refractivity contribution is 0.863. The Labute approximate surface area is 126 Å². The van der Waals surface area contributed by atoms with Gasteiger partial charge in [0, 0.05) is 17.8 Å². The van der Waals surface area contributed by atoms with Crippen molar-refractivity contribution in [3.8, 4) is 0 Å². The molecule has 2 nitrogen and oxygen atoms in total. The van der Waals surface area contributed by atoms with Crippen molar-refractivity contribution in [2.24, 2.45) is 5.73 Å². The highest BCUT2D eigenvalue weighted by Crippen LogP contribution is 2.15. The van der Waals surface area contributed by atoms with Gasteiger partial charge in [0.1, 0.15) is 4.99 Å². The highest BCUT2D eigenvalue weighted by Gasteiger charge is 2.02. The number of nitrogens with two attached hydrogens (primary N) is 1. The van der Waals surface area contributed by atoms with Crippen LogP contribution in [0.2, 0.25) is 0 Å². The molecule has 104 valence electrons. The van der Waals surface area contributed by atoms with Crippen molar-refractivity contribution in [1.82, 2.24) is 0 Å². The highest BCUT2D eigenvalue weighted by atomic mass is 32.1. The van der Waals surface area contributed by atoms with E-state index in [-0.39, 0.29) is 0 Å². The van der Waals surface area contributed by atoms with Crippen LogP contribution in [-0.2, 0) is 6.42 Å². The third-order valence-electron chi connectivity index (χ3n) is 3.31. The molecule has 3 heteroatoms. The molecular weight excluding hydrogens is 264 g/mol. The number of thiocarbonyl (C=S) groups is 1. The summed E-state index contributed by atoms with van der Waals surface area (Å²) in [5.41, 5.74) is 10.2. The normalized spacial score (nSPS) is 10.2. The van der Waals surface area contributed by atoms with Crippen LogP contribution in [-0.4, -0.2) is 11.5 Å². The van der Waals surface area contributed by atoms with Crippen molar-refractivity contribution in [1.29, 1.82) is 0 Å². The standard InChI is InChI=1S/C17H20N2S/c1-13-12-15(9-10-16(13)17(18)20)19-11-5-8-14-6-3-2-4-7-14/h2-4,6-7,9-10,12,19H,5,8,11H2,1H3,(H2,18,20). The fourth-order valence-corrected chi connectivity index (χ4v) is 2.45. The molecule has 0 unspecified atom stereocenters. The fraction of sp³-hybridized carbons (Fsp3) is 0.235. The van der Waals surface area contributed by atoms with Gasteiger partial charge in [-0.15, -0.1) is 0 Å². The van der Waals surface area contributed by atoms with Crippen molar-refractivity contribution in [3.05, 3.63) is 65.2 Å². The predicted molar refractivity (Wildman–Crippen MR) is 90.3 cm³/mol. The van der Waals surface area contributed by atoms with Gasteiger partial charge in [-0.25, -0.2) is 0 Å². The Morgan fingerprint density at radius 1 is 1.15 bits per heavy atom. The zero-order valence-corrected chi connectivity index (χ0v) is 12.5. The van der Waals surface area contributed by atoms with E-state index in [1.54, 1.807) is 0 Å². The first-order valence-electron chi connectivity index (χ1n) is 6.85. The first-order valence-corrected chi connectivity index (χ1v) is 7.26. The molecule has 3 N–H and O–H groups in total. The molecular formula is C17H20N2S. The van der Waals surface area contributed by atoms with Gasteiger partial charge >= 0.3 is 0 Å². The molecule has 0 aliphatic heterocycles. The maximum atomic E-state index is 5.66. The number of aryl methyl sites for hydroxylation is 2. The minimum absolute atomic E-state index is 0.457. The van der Waals surface area contributed by atoms with Gasteiger partial charge in [-0.2, -0.15) is 0 Å². The average Bonchev–Trinajstić information content (AvgIpc) is 2.44. The first-order chi connectivity index (χ1) is 9.66. The lowest BCUT2D eigenvalue weighted by Crippen LogP contribution is -2.11. The molecule has 0 aliphatic carbocycles. The molecule has 20 heavy (non-hydrogen) atoms. The predicted octanol–water partition coefficient (Wildman–Crippen LogP) is 3.67. The highest BCUT2D eigenvalue weighted by molar-refractivity contribution is 7.80. The summed E-state index contributed by atoms with van der Waals surface area (Å²) in [5.74, 6) is 0. The molecule has 0 amide bonds. The number of hydrogen-bond acceptors (Lipinski definition) is 2. The summed E-state index contributed by atoms with van der Waals surface area (Å²) in [6.07, 6.45) is 2.21. The van der Waals surface area contributed by atoms with Crippen LogP contribution in [0.1, 0.15) is 23.1 Å². The Bertz CT molecular complexity index is 579. The van der Waals surface area contributed by atoms with Crippen LogP contribution in [0.4, 0.5) is 5.69 Å². The van der Waals surface area contributed by atoms with Crippen molar-refractivity contribution in [2.75, 3.05) is 11.9 Å². The van der Waals surface area contributed by atoms with Crippen LogP contribution in [0.5, 0.6) is 0 Å². The summed E-state index contributed by atoms with van der Waals surface area (Å²) in [4.78, 5) is 0.457. The van der Waals surface area contributed by atoms with E-state index in [1.165, 1.54) is 5.56 Å². The van der Waals surface area contributed by atoms with E-state index in [9.17, 15) is 0 Å². The molecule has 0 heterocycles. The van der Waals surface area contributed by atoms with Crippen molar-refractivity contribution in [3.63, 3.8) is 0 Å². The van der Waals surface area contributed by atoms with Crippen molar-refractivity contribution < 1.29 is 0 Å². The first kappa shape index (κ1) is 14.5. The van der Waals surface area contributed by atoms with Crippen molar-refractivity contribution in [2.45, 2.75) is 19.8 Å². The van der Waals surface area contributed by atoms with Crippen molar-refractivity contribution >= 4 is 22.9 Å². The third-order valence-corrected chi connectivity index (χ3v) is 3.53. The Morgan fingerprint density at radius 2 is 1.90 bits per heavy atom. The minimum Gasteiger partial charge on any atom is -0.389 e. The van der Waals surface area contributed by atoms with E-state index in [4.69, 9.17) is 18.0 Å². The molecule has 0 saturated carbocycles. The van der Waals surface area contributed by atoms with Gasteiger partial charge in [0.2, 0.25) is 0 Å². The van der Waals surface area contributed by atoms with Crippen LogP contribution in [0.25, 0.3) is 0 Å². The van der Waals surface area contributed by atoms with E-state index in [1.807, 2.05) is 25.1 Å². The van der Waals surface area contributed by atoms with Crippen LogP contribution >= 0.6 is 12.2 Å². The lowest BCUT2D eigenvalue weighted by Gasteiger charge is -2.10. The molecule has 0 bridgehead atoms. The Balaban J connectivity index is 1.83. The second-order valence-corrected chi connectivity index (χ2v) is 5.35. The monoisotopic (exact) mass is 284 g/mol. The van der Waals surface area contributed by atoms with Crippen LogP contribution < -0.4 is 11.1 Å². The van der Waals surface area contributed by atoms with Crippen LogP contribution in [0, 0.1) is 6.92 Å². The largest absolute Gasteiger partial charge is 0.389 e. The van der Waals surface area contributed by atoms with Gasteiger partial charge in [-0.05, 0) is 49.1 Å². The molecule has 0 saturated heterocycles. The molecule has 0 aromatic heterocycles. The average molecular weight is 284 g/mol. The molecule has 0 radical (unpaired) electrons. The lowest BCUT2D eigenvalue weighted by atomic mass is 10.1. The number of benzene rings is 2. The molecule has 2 aromatic carbocycles. The summed E-state index contributed by atoms with van der Waals surface area (Å²) in [6, 6.07) is 16.7. The maximum absolute atomic E-state index is 5.66. The van der Waals surface area contributed by atoms with Gasteiger partial charge in [0.05, 0.1) is 0 Å². The van der Waals surface area contributed by atoms with Gasteiger partial charge in [0.25, 0.3) is 0 Å². The zero-order chi connectivity index (χ0) is 14.4. The second-order valence-electron chi connectivity index (χ2n) is 4.91. The Kier molecular flexibility index (Phi) is 5.13. The molecule has 2 aromatic rings. The summed E-state index contributed by atoms with van der Waals surface area (Å²) in [7, 11) is 0. The fourth-order valence-electron chi connectivity index (χ4n) is 2.22. The molecule has 0 aliphatic rings. The molecule has 0 atom stereocenters. The zero-order valence-electron chi connectivity index (χ0n) is 11.7. The minimum atomic E-state index is 0.457. The molecule has 0 spiro atoms. The van der Waals surface area contributed by atoms with Gasteiger partial charge in [0.15, 0.2) is 0 Å². The number of hydrogen-bond donors (Lipinski definition) is 2. The topological polar surface area (TPSA) is 38.0 Å². The van der Waals surface area contributed by atoms with Crippen LogP contribution in [0.15, 0.2) is 48.5 Å². The summed E-state index contributed by atoms with van der Waals surface area (Å²) < 4.78 is 0. The number of nitrogens with one attached hydrogen (secondary N) is 1.